The van der Waals surface area contributed by atoms with E-state index >= 15 is 0 Å². The number of hydrogen-bond donors (Lipinski definition) is 1. The maximum Gasteiger partial charge on any atom is 0.134 e. The number of nitrogens with zero attached hydrogens (tertiary/aromatic N) is 1. The summed E-state index contributed by atoms with van der Waals surface area (Å²) >= 11 is 0. The van der Waals surface area contributed by atoms with E-state index in [-0.39, 0.29) is 0 Å². The molecule has 0 aliphatic carbocycles. The van der Waals surface area contributed by atoms with E-state index < -0.39 is 0 Å². The first kappa shape index (κ1) is 14.6. The molecule has 21 heavy (non-hydrogen) atoms. The first-order valence-corrected chi connectivity index (χ1v) is 8.16. The van der Waals surface area contributed by atoms with E-state index in [1.807, 2.05) is 18.4 Å². The van der Waals surface area contributed by atoms with Crippen LogP contribution in [0.5, 0.6) is 0 Å². The molecule has 1 unspecified atom stereocenters. The van der Waals surface area contributed by atoms with E-state index in [1.54, 1.807) is 0 Å². The molecule has 1 aromatic carbocycles. The minimum absolute atomic E-state index is 0.544. The molecule has 3 nitrogen and oxygen atoms in total. The van der Waals surface area contributed by atoms with Gasteiger partial charge in [-0.05, 0) is 39.3 Å². The second-order valence-corrected chi connectivity index (χ2v) is 6.43. The maximum atomic E-state index is 5.68. The van der Waals surface area contributed by atoms with Gasteiger partial charge in [0.15, 0.2) is 0 Å². The number of rotatable bonds is 5. The van der Waals surface area contributed by atoms with E-state index in [0.717, 1.165) is 18.7 Å². The van der Waals surface area contributed by atoms with Gasteiger partial charge in [-0.25, -0.2) is 0 Å². The van der Waals surface area contributed by atoms with Crippen molar-refractivity contribution in [3.8, 4) is 0 Å². The third-order valence-electron chi connectivity index (χ3n) is 4.53. The summed E-state index contributed by atoms with van der Waals surface area (Å²) in [5, 5.41) is 4.91. The minimum Gasteiger partial charge on any atom is -0.464 e. The van der Waals surface area contributed by atoms with Crippen molar-refractivity contribution in [2.75, 3.05) is 13.1 Å². The van der Waals surface area contributed by atoms with Crippen LogP contribution in [0, 0.1) is 0 Å². The lowest BCUT2D eigenvalue weighted by molar-refractivity contribution is 0.177. The van der Waals surface area contributed by atoms with Crippen LogP contribution in [-0.2, 0) is 6.54 Å². The average Bonchev–Trinajstić information content (AvgIpc) is 2.91. The summed E-state index contributed by atoms with van der Waals surface area (Å²) in [4.78, 5) is 2.56. The van der Waals surface area contributed by atoms with Crippen molar-refractivity contribution in [2.24, 2.45) is 0 Å². The molecular formula is C18H26N2O. The lowest BCUT2D eigenvalue weighted by atomic mass is 10.0. The topological polar surface area (TPSA) is 28.4 Å². The molecule has 1 fully saturated rings. The van der Waals surface area contributed by atoms with Gasteiger partial charge in [0.1, 0.15) is 5.58 Å². The Hall–Kier alpha value is -1.32. The second-order valence-electron chi connectivity index (χ2n) is 6.43. The second kappa shape index (κ2) is 6.63. The van der Waals surface area contributed by atoms with Gasteiger partial charge < -0.3 is 9.73 Å². The molecule has 1 aliphatic rings. The Morgan fingerprint density at radius 2 is 2.14 bits per heavy atom. The van der Waals surface area contributed by atoms with E-state index in [0.29, 0.717) is 12.1 Å². The molecule has 2 heterocycles. The third-order valence-corrected chi connectivity index (χ3v) is 4.53. The van der Waals surface area contributed by atoms with E-state index in [2.05, 4.69) is 36.2 Å². The van der Waals surface area contributed by atoms with E-state index in [9.17, 15) is 0 Å². The number of furan rings is 1. The molecule has 0 bridgehead atoms. The van der Waals surface area contributed by atoms with Gasteiger partial charge >= 0.3 is 0 Å². The van der Waals surface area contributed by atoms with Crippen LogP contribution in [0.15, 0.2) is 34.9 Å². The molecule has 1 atom stereocenters. The van der Waals surface area contributed by atoms with Crippen molar-refractivity contribution in [1.29, 1.82) is 0 Å². The summed E-state index contributed by atoms with van der Waals surface area (Å²) < 4.78 is 5.68. The molecule has 0 radical (unpaired) electrons. The van der Waals surface area contributed by atoms with Crippen LogP contribution >= 0.6 is 0 Å². The number of benzene rings is 1. The van der Waals surface area contributed by atoms with Gasteiger partial charge in [-0.15, -0.1) is 0 Å². The highest BCUT2D eigenvalue weighted by molar-refractivity contribution is 5.80. The number of para-hydroxylation sites is 1. The number of piperidine rings is 1. The Labute approximate surface area is 127 Å². The Bertz CT molecular complexity index is 569. The van der Waals surface area contributed by atoms with E-state index in [4.69, 9.17) is 4.42 Å². The molecule has 1 saturated heterocycles. The summed E-state index contributed by atoms with van der Waals surface area (Å²) in [6.45, 7) is 7.82. The minimum atomic E-state index is 0.544. The first-order chi connectivity index (χ1) is 10.2. The molecular weight excluding hydrogens is 260 g/mol. The zero-order chi connectivity index (χ0) is 14.7. The molecule has 3 heteroatoms. The van der Waals surface area contributed by atoms with Gasteiger partial charge in [-0.2, -0.15) is 0 Å². The number of fused-ring (bicyclic) bond motifs is 1. The molecule has 0 amide bonds. The summed E-state index contributed by atoms with van der Waals surface area (Å²) in [6, 6.07) is 9.50. The van der Waals surface area contributed by atoms with Crippen molar-refractivity contribution in [3.63, 3.8) is 0 Å². The lowest BCUT2D eigenvalue weighted by Crippen LogP contribution is -2.45. The molecule has 1 N–H and O–H groups in total. The standard InChI is InChI=1S/C18H26N2O/c1-14(2)20(12-16-7-5-6-10-19-16)11-15-13-21-18-9-4-3-8-17(15)18/h3-4,8-9,13-14,16,19H,5-7,10-12H2,1-2H3. The highest BCUT2D eigenvalue weighted by atomic mass is 16.3. The van der Waals surface area contributed by atoms with Crippen LogP contribution < -0.4 is 5.32 Å². The van der Waals surface area contributed by atoms with Gasteiger partial charge in [0.25, 0.3) is 0 Å². The largest absolute Gasteiger partial charge is 0.464 e. The van der Waals surface area contributed by atoms with Gasteiger partial charge in [-0.1, -0.05) is 24.6 Å². The highest BCUT2D eigenvalue weighted by Gasteiger charge is 2.20. The van der Waals surface area contributed by atoms with Crippen molar-refractivity contribution in [1.82, 2.24) is 10.2 Å². The van der Waals surface area contributed by atoms with Gasteiger partial charge in [0, 0.05) is 36.1 Å². The molecule has 1 aromatic heterocycles. The van der Waals surface area contributed by atoms with Gasteiger partial charge in [-0.3, -0.25) is 4.90 Å². The Balaban J connectivity index is 1.72. The number of nitrogens with one attached hydrogen (secondary N) is 1. The van der Waals surface area contributed by atoms with Gasteiger partial charge in [0.2, 0.25) is 0 Å². The first-order valence-electron chi connectivity index (χ1n) is 8.16. The quantitative estimate of drug-likeness (QED) is 0.906. The molecule has 1 aliphatic heterocycles. The van der Waals surface area contributed by atoms with Crippen molar-refractivity contribution >= 4 is 11.0 Å². The highest BCUT2D eigenvalue weighted by Crippen LogP contribution is 2.23. The monoisotopic (exact) mass is 286 g/mol. The fraction of sp³-hybridized carbons (Fsp3) is 0.556. The van der Waals surface area contributed by atoms with Crippen LogP contribution in [-0.4, -0.2) is 30.1 Å². The number of hydrogen-bond acceptors (Lipinski definition) is 3. The molecule has 0 saturated carbocycles. The van der Waals surface area contributed by atoms with Crippen LogP contribution in [0.3, 0.4) is 0 Å². The average molecular weight is 286 g/mol. The van der Waals surface area contributed by atoms with Crippen molar-refractivity contribution < 1.29 is 4.42 Å². The predicted octanol–water partition coefficient (Wildman–Crippen LogP) is 3.79. The van der Waals surface area contributed by atoms with Crippen molar-refractivity contribution in [3.05, 3.63) is 36.1 Å². The Morgan fingerprint density at radius 1 is 1.29 bits per heavy atom. The maximum absolute atomic E-state index is 5.68. The summed E-state index contributed by atoms with van der Waals surface area (Å²) in [7, 11) is 0. The SMILES string of the molecule is CC(C)N(Cc1coc2ccccc12)CC1CCCCN1. The van der Waals surface area contributed by atoms with Crippen LogP contribution in [0.25, 0.3) is 11.0 Å². The molecule has 2 aromatic rings. The molecule has 0 spiro atoms. The fourth-order valence-corrected chi connectivity index (χ4v) is 3.19. The predicted molar refractivity (Wildman–Crippen MR) is 87.4 cm³/mol. The normalized spacial score (nSPS) is 19.7. The van der Waals surface area contributed by atoms with Crippen LogP contribution in [0.4, 0.5) is 0 Å². The van der Waals surface area contributed by atoms with Gasteiger partial charge in [0.05, 0.1) is 6.26 Å². The van der Waals surface area contributed by atoms with Crippen LogP contribution in [0.1, 0.15) is 38.7 Å². The van der Waals surface area contributed by atoms with E-state index in [1.165, 1.54) is 36.8 Å². The van der Waals surface area contributed by atoms with Crippen molar-refractivity contribution in [2.45, 2.75) is 51.7 Å². The zero-order valence-corrected chi connectivity index (χ0v) is 13.1. The smallest absolute Gasteiger partial charge is 0.134 e. The summed E-state index contributed by atoms with van der Waals surface area (Å²) in [5.74, 6) is 0. The Morgan fingerprint density at radius 3 is 2.90 bits per heavy atom. The summed E-state index contributed by atoms with van der Waals surface area (Å²) in [5.41, 5.74) is 2.29. The third kappa shape index (κ3) is 3.47. The molecule has 3 rings (SSSR count). The summed E-state index contributed by atoms with van der Waals surface area (Å²) in [6.07, 6.45) is 5.91. The zero-order valence-electron chi connectivity index (χ0n) is 13.1. The molecule has 114 valence electrons. The van der Waals surface area contributed by atoms with Crippen LogP contribution in [0.2, 0.25) is 0 Å². The fourth-order valence-electron chi connectivity index (χ4n) is 3.19. The lowest BCUT2D eigenvalue weighted by Gasteiger charge is -2.33. The Kier molecular flexibility index (Phi) is 4.61.